The first-order valence-corrected chi connectivity index (χ1v) is 11.6. The van der Waals surface area contributed by atoms with E-state index in [9.17, 15) is 9.18 Å². The van der Waals surface area contributed by atoms with Gasteiger partial charge in [0.05, 0.1) is 20.1 Å². The Morgan fingerprint density at radius 2 is 1.68 bits per heavy atom. The molecular weight excluding hydrogens is 431 g/mol. The average Bonchev–Trinajstić information content (AvgIpc) is 2.87. The third-order valence-corrected chi connectivity index (χ3v) is 6.34. The third-order valence-electron chi connectivity index (χ3n) is 6.34. The van der Waals surface area contributed by atoms with Crippen molar-refractivity contribution >= 4 is 5.91 Å². The highest BCUT2D eigenvalue weighted by Gasteiger charge is 2.32. The number of hydrogen-bond acceptors (Lipinski definition) is 4. The van der Waals surface area contributed by atoms with E-state index < -0.39 is 0 Å². The molecule has 1 heterocycles. The van der Waals surface area contributed by atoms with Crippen LogP contribution in [0.1, 0.15) is 29.0 Å². The van der Waals surface area contributed by atoms with Crippen LogP contribution in [0.4, 0.5) is 4.39 Å². The number of nitrogens with one attached hydrogen (secondary N) is 1. The molecule has 0 aromatic heterocycles. The lowest BCUT2D eigenvalue weighted by Gasteiger charge is -2.37. The Morgan fingerprint density at radius 3 is 2.35 bits per heavy atom. The van der Waals surface area contributed by atoms with Crippen molar-refractivity contribution in [2.24, 2.45) is 5.92 Å². The van der Waals surface area contributed by atoms with E-state index in [-0.39, 0.29) is 23.6 Å². The van der Waals surface area contributed by atoms with Gasteiger partial charge in [-0.25, -0.2) is 4.39 Å². The summed E-state index contributed by atoms with van der Waals surface area (Å²) in [6.07, 6.45) is 0.775. The summed E-state index contributed by atoms with van der Waals surface area (Å²) in [7, 11) is 3.29. The van der Waals surface area contributed by atoms with Crippen LogP contribution in [-0.2, 0) is 17.9 Å². The van der Waals surface area contributed by atoms with Crippen molar-refractivity contribution in [1.29, 1.82) is 0 Å². The molecule has 0 radical (unpaired) electrons. The number of carbonyl (C=O) groups is 1. The lowest BCUT2D eigenvalue weighted by molar-refractivity contribution is -0.127. The Morgan fingerprint density at radius 1 is 0.941 bits per heavy atom. The van der Waals surface area contributed by atoms with Gasteiger partial charge in [-0.15, -0.1) is 0 Å². The lowest BCUT2D eigenvalue weighted by Crippen LogP contribution is -2.45. The van der Waals surface area contributed by atoms with Crippen LogP contribution in [0, 0.1) is 11.7 Å². The number of amides is 1. The number of halogens is 1. The van der Waals surface area contributed by atoms with Crippen LogP contribution >= 0.6 is 0 Å². The zero-order valence-electron chi connectivity index (χ0n) is 19.7. The van der Waals surface area contributed by atoms with Gasteiger partial charge in [-0.2, -0.15) is 0 Å². The van der Waals surface area contributed by atoms with Gasteiger partial charge >= 0.3 is 0 Å². The van der Waals surface area contributed by atoms with Crippen molar-refractivity contribution in [2.75, 3.05) is 27.3 Å². The van der Waals surface area contributed by atoms with Crippen LogP contribution < -0.4 is 14.8 Å². The minimum absolute atomic E-state index is 0.00175. The number of rotatable bonds is 8. The van der Waals surface area contributed by atoms with Crippen LogP contribution in [0.5, 0.6) is 11.5 Å². The summed E-state index contributed by atoms with van der Waals surface area (Å²) >= 11 is 0. The van der Waals surface area contributed by atoms with E-state index in [2.05, 4.69) is 22.3 Å². The number of carbonyl (C=O) groups excluding carboxylic acids is 1. The number of nitrogens with zero attached hydrogens (tertiary/aromatic N) is 1. The molecule has 6 heteroatoms. The van der Waals surface area contributed by atoms with Gasteiger partial charge in [0.1, 0.15) is 17.3 Å². The second-order valence-corrected chi connectivity index (χ2v) is 8.80. The summed E-state index contributed by atoms with van der Waals surface area (Å²) in [5, 5.41) is 3.02. The first-order chi connectivity index (χ1) is 16.5. The van der Waals surface area contributed by atoms with Crippen molar-refractivity contribution in [3.8, 4) is 11.5 Å². The number of piperidine rings is 1. The predicted molar refractivity (Wildman–Crippen MR) is 130 cm³/mol. The fourth-order valence-corrected chi connectivity index (χ4v) is 4.67. The highest BCUT2D eigenvalue weighted by molar-refractivity contribution is 5.79. The molecule has 3 aromatic rings. The van der Waals surface area contributed by atoms with Gasteiger partial charge in [0.2, 0.25) is 5.91 Å². The van der Waals surface area contributed by atoms with Gasteiger partial charge < -0.3 is 14.8 Å². The second kappa shape index (κ2) is 11.2. The minimum Gasteiger partial charge on any atom is -0.497 e. The van der Waals surface area contributed by atoms with Gasteiger partial charge in [0, 0.05) is 32.2 Å². The Hall–Kier alpha value is -3.38. The smallest absolute Gasteiger partial charge is 0.224 e. The highest BCUT2D eigenvalue weighted by Crippen LogP contribution is 2.32. The van der Waals surface area contributed by atoms with Crippen LogP contribution in [0.3, 0.4) is 0 Å². The fraction of sp³-hybridized carbons (Fsp3) is 0.321. The van der Waals surface area contributed by atoms with Crippen LogP contribution in [0.15, 0.2) is 72.8 Å². The van der Waals surface area contributed by atoms with Crippen molar-refractivity contribution in [1.82, 2.24) is 10.2 Å². The molecule has 1 amide bonds. The molecule has 1 aliphatic rings. The Kier molecular flexibility index (Phi) is 7.80. The summed E-state index contributed by atoms with van der Waals surface area (Å²) in [4.78, 5) is 15.5. The van der Waals surface area contributed by atoms with E-state index in [4.69, 9.17) is 9.47 Å². The molecule has 0 saturated carbocycles. The van der Waals surface area contributed by atoms with Crippen molar-refractivity contribution in [3.63, 3.8) is 0 Å². The molecule has 3 aromatic carbocycles. The largest absolute Gasteiger partial charge is 0.497 e. The highest BCUT2D eigenvalue weighted by atomic mass is 19.1. The van der Waals surface area contributed by atoms with Gasteiger partial charge in [-0.1, -0.05) is 42.5 Å². The van der Waals surface area contributed by atoms with E-state index in [1.54, 1.807) is 20.3 Å². The van der Waals surface area contributed by atoms with Crippen molar-refractivity contribution in [2.45, 2.75) is 25.4 Å². The fourth-order valence-electron chi connectivity index (χ4n) is 4.67. The molecule has 0 aliphatic carbocycles. The van der Waals surface area contributed by atoms with Gasteiger partial charge in [0.15, 0.2) is 0 Å². The number of hydrogen-bond donors (Lipinski definition) is 1. The Labute approximate surface area is 200 Å². The van der Waals surface area contributed by atoms with Gasteiger partial charge in [-0.3, -0.25) is 9.69 Å². The monoisotopic (exact) mass is 462 g/mol. The standard InChI is InChI=1S/C28H31FN2O3/c1-33-26-12-21(13-27(15-26)34-2)17-31-18-23(22-8-4-3-5-9-22)14-24(19-31)28(32)30-16-20-7-6-10-25(29)11-20/h3-13,15,23-24H,14,16-19H2,1-2H3,(H,30,32). The maximum atomic E-state index is 13.5. The first kappa shape index (κ1) is 23.8. The molecule has 1 fully saturated rings. The van der Waals surface area contributed by atoms with E-state index in [0.717, 1.165) is 35.6 Å². The SMILES string of the molecule is COc1cc(CN2CC(C(=O)NCc3cccc(F)c3)CC(c3ccccc3)C2)cc(OC)c1. The molecule has 2 unspecified atom stereocenters. The number of likely N-dealkylation sites (tertiary alicyclic amines) is 1. The van der Waals surface area contributed by atoms with E-state index >= 15 is 0 Å². The summed E-state index contributed by atoms with van der Waals surface area (Å²) < 4.78 is 24.4. The van der Waals surface area contributed by atoms with E-state index in [1.807, 2.05) is 42.5 Å². The van der Waals surface area contributed by atoms with Crippen molar-refractivity contribution < 1.29 is 18.7 Å². The first-order valence-electron chi connectivity index (χ1n) is 11.6. The summed E-state index contributed by atoms with van der Waals surface area (Å²) in [5.74, 6) is 1.27. The van der Waals surface area contributed by atoms with E-state index in [1.165, 1.54) is 17.7 Å². The topological polar surface area (TPSA) is 50.8 Å². The summed E-state index contributed by atoms with van der Waals surface area (Å²) in [5.41, 5.74) is 3.06. The molecule has 178 valence electrons. The lowest BCUT2D eigenvalue weighted by atomic mass is 9.84. The molecule has 34 heavy (non-hydrogen) atoms. The maximum Gasteiger partial charge on any atom is 0.224 e. The maximum absolute atomic E-state index is 13.5. The average molecular weight is 463 g/mol. The molecule has 2 atom stereocenters. The Balaban J connectivity index is 1.50. The molecule has 1 aliphatic heterocycles. The third kappa shape index (κ3) is 6.14. The molecule has 4 rings (SSSR count). The van der Waals surface area contributed by atoms with Crippen LogP contribution in [-0.4, -0.2) is 38.1 Å². The number of methoxy groups -OCH3 is 2. The number of ether oxygens (including phenoxy) is 2. The number of benzene rings is 3. The normalized spacial score (nSPS) is 18.3. The molecule has 0 spiro atoms. The molecule has 1 N–H and O–H groups in total. The van der Waals surface area contributed by atoms with Gasteiger partial charge in [-0.05, 0) is 53.3 Å². The predicted octanol–water partition coefficient (Wildman–Crippen LogP) is 4.77. The zero-order valence-corrected chi connectivity index (χ0v) is 19.7. The molecular formula is C28H31FN2O3. The van der Waals surface area contributed by atoms with Crippen LogP contribution in [0.25, 0.3) is 0 Å². The summed E-state index contributed by atoms with van der Waals surface area (Å²) in [6.45, 7) is 2.51. The molecule has 0 bridgehead atoms. The van der Waals surface area contributed by atoms with Crippen LogP contribution in [0.2, 0.25) is 0 Å². The summed E-state index contributed by atoms with van der Waals surface area (Å²) in [6, 6.07) is 22.6. The molecule has 1 saturated heterocycles. The molecule has 5 nitrogen and oxygen atoms in total. The minimum atomic E-state index is -0.298. The second-order valence-electron chi connectivity index (χ2n) is 8.80. The van der Waals surface area contributed by atoms with Crippen molar-refractivity contribution in [3.05, 3.63) is 95.3 Å². The Bertz CT molecular complexity index is 1080. The quantitative estimate of drug-likeness (QED) is 0.524. The van der Waals surface area contributed by atoms with E-state index in [0.29, 0.717) is 19.6 Å². The van der Waals surface area contributed by atoms with Gasteiger partial charge in [0.25, 0.3) is 0 Å². The zero-order chi connectivity index (χ0) is 23.9.